The van der Waals surface area contributed by atoms with Crippen molar-refractivity contribution in [3.05, 3.63) is 94.3 Å². The zero-order valence-corrected chi connectivity index (χ0v) is 16.3. The third-order valence-corrected chi connectivity index (χ3v) is 3.92. The van der Waals surface area contributed by atoms with Gasteiger partial charge in [-0.1, -0.05) is 48.0 Å². The maximum absolute atomic E-state index is 12.2. The van der Waals surface area contributed by atoms with Crippen LogP contribution in [0.5, 0.6) is 0 Å². The summed E-state index contributed by atoms with van der Waals surface area (Å²) in [5, 5.41) is 15.6. The first-order valence-electron chi connectivity index (χ1n) is 8.58. The number of aliphatic carboxylic acids is 1. The van der Waals surface area contributed by atoms with Crippen LogP contribution in [0.4, 0.5) is 5.69 Å². The van der Waals surface area contributed by atoms with E-state index in [2.05, 4.69) is 10.6 Å². The first kappa shape index (κ1) is 21.0. The van der Waals surface area contributed by atoms with Gasteiger partial charge in [0.2, 0.25) is 0 Å². The smallest absolute Gasteiger partial charge is 0.352 e. The minimum Gasteiger partial charge on any atom is -0.477 e. The van der Waals surface area contributed by atoms with E-state index in [1.165, 1.54) is 6.08 Å². The molecule has 1 amide bonds. The lowest BCUT2D eigenvalue weighted by molar-refractivity contribution is -0.132. The first-order chi connectivity index (χ1) is 13.4. The van der Waals surface area contributed by atoms with Gasteiger partial charge in [-0.25, -0.2) is 4.79 Å². The Morgan fingerprint density at radius 1 is 1.04 bits per heavy atom. The van der Waals surface area contributed by atoms with Gasteiger partial charge in [0.05, 0.1) is 5.70 Å². The van der Waals surface area contributed by atoms with Crippen LogP contribution >= 0.6 is 11.6 Å². The Morgan fingerprint density at radius 3 is 2.21 bits per heavy atom. The van der Waals surface area contributed by atoms with E-state index < -0.39 is 11.9 Å². The van der Waals surface area contributed by atoms with Crippen LogP contribution in [0.3, 0.4) is 0 Å². The molecule has 0 unspecified atom stereocenters. The van der Waals surface area contributed by atoms with E-state index in [4.69, 9.17) is 11.6 Å². The molecule has 0 heterocycles. The summed E-state index contributed by atoms with van der Waals surface area (Å²) >= 11 is 6.06. The molecule has 0 bridgehead atoms. The molecule has 0 saturated heterocycles. The summed E-state index contributed by atoms with van der Waals surface area (Å²) < 4.78 is 0. The first-order valence-corrected chi connectivity index (χ1v) is 8.96. The number of benzene rings is 2. The quantitative estimate of drug-likeness (QED) is 0.454. The van der Waals surface area contributed by atoms with Crippen molar-refractivity contribution in [1.82, 2.24) is 5.32 Å². The zero-order valence-electron chi connectivity index (χ0n) is 15.6. The van der Waals surface area contributed by atoms with Gasteiger partial charge in [0.15, 0.2) is 0 Å². The van der Waals surface area contributed by atoms with Crippen LogP contribution in [0.2, 0.25) is 0 Å². The lowest BCUT2D eigenvalue weighted by Gasteiger charge is -2.09. The molecule has 0 aliphatic carbocycles. The van der Waals surface area contributed by atoms with Crippen LogP contribution in [0.15, 0.2) is 83.2 Å². The average Bonchev–Trinajstić information content (AvgIpc) is 2.68. The van der Waals surface area contributed by atoms with Crippen LogP contribution in [-0.2, 0) is 4.79 Å². The number of carbonyl (C=O) groups excluding carboxylic acids is 1. The van der Waals surface area contributed by atoms with Crippen molar-refractivity contribution in [2.45, 2.75) is 13.8 Å². The van der Waals surface area contributed by atoms with Gasteiger partial charge in [0.25, 0.3) is 5.91 Å². The summed E-state index contributed by atoms with van der Waals surface area (Å²) in [7, 11) is 0. The number of carboxylic acids is 1. The SMILES string of the molecule is C/C=C\C(Nc1ccc(/C=C(\NC(=O)c2ccccc2)C(=O)O)cc1)=C(/C)Cl. The molecule has 28 heavy (non-hydrogen) atoms. The number of rotatable bonds is 7. The predicted octanol–water partition coefficient (Wildman–Crippen LogP) is 5.00. The molecule has 0 aliphatic heterocycles. The van der Waals surface area contributed by atoms with E-state index in [0.29, 0.717) is 16.2 Å². The number of carbonyl (C=O) groups is 2. The molecule has 2 aromatic carbocycles. The standard InChI is InChI=1S/C22H21ClN2O3/c1-3-7-19(15(2)23)24-18-12-10-16(11-13-18)14-20(22(27)28)25-21(26)17-8-5-4-6-9-17/h3-14,24H,1-2H3,(H,25,26)(H,27,28)/b7-3-,19-15-,20-14-. The lowest BCUT2D eigenvalue weighted by atomic mass is 10.1. The van der Waals surface area contributed by atoms with Crippen molar-refractivity contribution in [3.63, 3.8) is 0 Å². The van der Waals surface area contributed by atoms with Crippen molar-refractivity contribution in [2.75, 3.05) is 5.32 Å². The van der Waals surface area contributed by atoms with Crippen molar-refractivity contribution in [1.29, 1.82) is 0 Å². The molecule has 0 aliphatic rings. The van der Waals surface area contributed by atoms with E-state index in [1.807, 2.05) is 19.1 Å². The third-order valence-electron chi connectivity index (χ3n) is 3.72. The third kappa shape index (κ3) is 6.14. The number of amides is 1. The van der Waals surface area contributed by atoms with Crippen molar-refractivity contribution in [3.8, 4) is 0 Å². The number of allylic oxidation sites excluding steroid dienone is 3. The Hall–Kier alpha value is -3.31. The Balaban J connectivity index is 2.18. The van der Waals surface area contributed by atoms with Crippen molar-refractivity contribution < 1.29 is 14.7 Å². The van der Waals surface area contributed by atoms with E-state index in [1.54, 1.807) is 61.5 Å². The highest BCUT2D eigenvalue weighted by Gasteiger charge is 2.13. The van der Waals surface area contributed by atoms with Crippen molar-refractivity contribution in [2.24, 2.45) is 0 Å². The van der Waals surface area contributed by atoms with Gasteiger partial charge in [0, 0.05) is 16.3 Å². The fourth-order valence-electron chi connectivity index (χ4n) is 2.33. The second kappa shape index (κ2) is 10.1. The normalized spacial score (nSPS) is 12.5. The number of anilines is 1. The maximum Gasteiger partial charge on any atom is 0.352 e. The minimum atomic E-state index is -1.22. The van der Waals surface area contributed by atoms with Gasteiger partial charge >= 0.3 is 5.97 Å². The molecule has 0 aromatic heterocycles. The second-order valence-corrected chi connectivity index (χ2v) is 6.44. The van der Waals surface area contributed by atoms with Gasteiger partial charge in [-0.05, 0) is 55.8 Å². The highest BCUT2D eigenvalue weighted by molar-refractivity contribution is 6.29. The molecule has 144 valence electrons. The molecule has 3 N–H and O–H groups in total. The Bertz CT molecular complexity index is 926. The molecule has 6 heteroatoms. The summed E-state index contributed by atoms with van der Waals surface area (Å²) in [4.78, 5) is 23.7. The van der Waals surface area contributed by atoms with E-state index in [-0.39, 0.29) is 5.70 Å². The van der Waals surface area contributed by atoms with Crippen molar-refractivity contribution >= 4 is 35.2 Å². The molecule has 2 rings (SSSR count). The largest absolute Gasteiger partial charge is 0.477 e. The fourth-order valence-corrected chi connectivity index (χ4v) is 2.44. The van der Waals surface area contributed by atoms with Gasteiger partial charge in [-0.3, -0.25) is 4.79 Å². The van der Waals surface area contributed by atoms with Gasteiger partial charge in [-0.15, -0.1) is 0 Å². The number of halogens is 1. The summed E-state index contributed by atoms with van der Waals surface area (Å²) in [6.45, 7) is 3.68. The number of nitrogens with one attached hydrogen (secondary N) is 2. The van der Waals surface area contributed by atoms with Crippen LogP contribution in [0, 0.1) is 0 Å². The van der Waals surface area contributed by atoms with Crippen LogP contribution < -0.4 is 10.6 Å². The molecule has 5 nitrogen and oxygen atoms in total. The van der Waals surface area contributed by atoms with Gasteiger partial charge in [-0.2, -0.15) is 0 Å². The summed E-state index contributed by atoms with van der Waals surface area (Å²) in [6, 6.07) is 15.5. The molecule has 0 spiro atoms. The van der Waals surface area contributed by atoms with Crippen LogP contribution in [-0.4, -0.2) is 17.0 Å². The predicted molar refractivity (Wildman–Crippen MR) is 113 cm³/mol. The molecule has 2 aromatic rings. The molecular formula is C22H21ClN2O3. The minimum absolute atomic E-state index is 0.208. The highest BCUT2D eigenvalue weighted by Crippen LogP contribution is 2.18. The summed E-state index contributed by atoms with van der Waals surface area (Å²) in [6.07, 6.45) is 5.14. The van der Waals surface area contributed by atoms with E-state index >= 15 is 0 Å². The maximum atomic E-state index is 12.2. The number of carboxylic acid groups (broad SMARTS) is 1. The zero-order chi connectivity index (χ0) is 20.5. The van der Waals surface area contributed by atoms with E-state index in [0.717, 1.165) is 11.4 Å². The molecule has 0 saturated carbocycles. The Kier molecular flexibility index (Phi) is 7.60. The molecular weight excluding hydrogens is 376 g/mol. The molecule has 0 radical (unpaired) electrons. The topological polar surface area (TPSA) is 78.4 Å². The Labute approximate surface area is 169 Å². The van der Waals surface area contributed by atoms with Gasteiger partial charge < -0.3 is 15.7 Å². The van der Waals surface area contributed by atoms with Crippen LogP contribution in [0.25, 0.3) is 6.08 Å². The molecule has 0 atom stereocenters. The fraction of sp³-hybridized carbons (Fsp3) is 0.0909. The summed E-state index contributed by atoms with van der Waals surface area (Å²) in [5.41, 5.74) is 2.38. The lowest BCUT2D eigenvalue weighted by Crippen LogP contribution is -2.27. The monoisotopic (exact) mass is 396 g/mol. The summed E-state index contributed by atoms with van der Waals surface area (Å²) in [5.74, 6) is -1.70. The second-order valence-electron chi connectivity index (χ2n) is 5.88. The highest BCUT2D eigenvalue weighted by atomic mass is 35.5. The number of hydrogen-bond acceptors (Lipinski definition) is 3. The Morgan fingerprint density at radius 2 is 1.68 bits per heavy atom. The number of hydrogen-bond donors (Lipinski definition) is 3. The molecule has 0 fully saturated rings. The van der Waals surface area contributed by atoms with Gasteiger partial charge in [0.1, 0.15) is 5.70 Å². The average molecular weight is 397 g/mol. The van der Waals surface area contributed by atoms with E-state index in [9.17, 15) is 14.7 Å². The van der Waals surface area contributed by atoms with Crippen LogP contribution in [0.1, 0.15) is 29.8 Å².